The third-order valence-electron chi connectivity index (χ3n) is 3.55. The average Bonchev–Trinajstić information content (AvgIpc) is 2.51. The molecule has 1 N–H and O–H groups in total. The number of benzene rings is 1. The summed E-state index contributed by atoms with van der Waals surface area (Å²) in [5.41, 5.74) is 0.749. The number of nitrogens with zero attached hydrogens (tertiary/aromatic N) is 1. The first kappa shape index (κ1) is 18.6. The van der Waals surface area contributed by atoms with E-state index in [2.05, 4.69) is 5.32 Å². The Bertz CT molecular complexity index is 706. The van der Waals surface area contributed by atoms with Crippen molar-refractivity contribution in [1.29, 1.82) is 0 Å². The minimum Gasteiger partial charge on any atom is -0.456 e. The van der Waals surface area contributed by atoms with Crippen molar-refractivity contribution in [3.63, 3.8) is 0 Å². The Balaban J connectivity index is 1.85. The maximum absolute atomic E-state index is 12.4. The van der Waals surface area contributed by atoms with Crippen molar-refractivity contribution >= 4 is 23.7 Å². The van der Waals surface area contributed by atoms with E-state index >= 15 is 0 Å². The normalized spacial score (nSPS) is 14.1. The first-order valence-corrected chi connectivity index (χ1v) is 8.06. The van der Waals surface area contributed by atoms with Crippen LogP contribution in [0.2, 0.25) is 0 Å². The number of rotatable bonds is 5. The van der Waals surface area contributed by atoms with Gasteiger partial charge in [-0.25, -0.2) is 0 Å². The van der Waals surface area contributed by atoms with Gasteiger partial charge in [-0.05, 0) is 32.4 Å². The quantitative estimate of drug-likeness (QED) is 0.636. The van der Waals surface area contributed by atoms with Crippen LogP contribution in [0, 0.1) is 0 Å². The highest BCUT2D eigenvalue weighted by atomic mass is 16.5. The first-order valence-electron chi connectivity index (χ1n) is 8.06. The van der Waals surface area contributed by atoms with Crippen molar-refractivity contribution in [1.82, 2.24) is 10.2 Å². The van der Waals surface area contributed by atoms with Crippen LogP contribution in [0.1, 0.15) is 43.1 Å². The molecule has 0 unspecified atom stereocenters. The van der Waals surface area contributed by atoms with Gasteiger partial charge in [0.05, 0.1) is 12.8 Å². The second-order valence-electron chi connectivity index (χ2n) is 6.89. The van der Waals surface area contributed by atoms with Gasteiger partial charge in [0.15, 0.2) is 6.61 Å². The van der Waals surface area contributed by atoms with E-state index in [0.717, 1.165) is 4.90 Å². The van der Waals surface area contributed by atoms with Crippen LogP contribution in [-0.2, 0) is 25.5 Å². The fraction of sp³-hybridized carbons (Fsp3) is 0.444. The van der Waals surface area contributed by atoms with Gasteiger partial charge < -0.3 is 10.1 Å². The van der Waals surface area contributed by atoms with Gasteiger partial charge in [0, 0.05) is 17.6 Å². The third kappa shape index (κ3) is 5.14. The van der Waals surface area contributed by atoms with Crippen molar-refractivity contribution < 1.29 is 23.9 Å². The summed E-state index contributed by atoms with van der Waals surface area (Å²) in [6, 6.07) is 6.90. The lowest BCUT2D eigenvalue weighted by Crippen LogP contribution is -2.44. The number of esters is 1. The number of hydrogen-bond acceptors (Lipinski definition) is 5. The molecular formula is C18H22N2O5. The van der Waals surface area contributed by atoms with E-state index in [0.29, 0.717) is 11.1 Å². The number of hydrogen-bond donors (Lipinski definition) is 1. The summed E-state index contributed by atoms with van der Waals surface area (Å²) in [7, 11) is 0. The predicted octanol–water partition coefficient (Wildman–Crippen LogP) is 1.06. The van der Waals surface area contributed by atoms with Gasteiger partial charge in [-0.1, -0.05) is 18.2 Å². The maximum Gasteiger partial charge on any atom is 0.308 e. The van der Waals surface area contributed by atoms with Gasteiger partial charge in [0.2, 0.25) is 5.91 Å². The highest BCUT2D eigenvalue weighted by molar-refractivity contribution is 6.09. The van der Waals surface area contributed by atoms with Crippen molar-refractivity contribution in [2.45, 2.75) is 39.2 Å². The Hall–Kier alpha value is -2.70. The number of amides is 3. The lowest BCUT2D eigenvalue weighted by molar-refractivity contribution is -0.149. The molecule has 0 atom stereocenters. The number of fused-ring (bicyclic) bond motifs is 1. The summed E-state index contributed by atoms with van der Waals surface area (Å²) in [4.78, 5) is 48.9. The Morgan fingerprint density at radius 2 is 1.88 bits per heavy atom. The lowest BCUT2D eigenvalue weighted by Gasteiger charge is -2.26. The molecule has 0 aliphatic carbocycles. The van der Waals surface area contributed by atoms with Crippen LogP contribution in [-0.4, -0.2) is 47.3 Å². The zero-order valence-electron chi connectivity index (χ0n) is 14.6. The van der Waals surface area contributed by atoms with E-state index in [-0.39, 0.29) is 31.9 Å². The summed E-state index contributed by atoms with van der Waals surface area (Å²) in [6.45, 7) is 5.00. The molecule has 1 aliphatic heterocycles. The number of ether oxygens (including phenoxy) is 1. The molecule has 1 aliphatic rings. The lowest BCUT2D eigenvalue weighted by atomic mass is 9.98. The molecule has 3 amide bonds. The van der Waals surface area contributed by atoms with Gasteiger partial charge in [-0.2, -0.15) is 0 Å². The smallest absolute Gasteiger partial charge is 0.308 e. The topological polar surface area (TPSA) is 92.8 Å². The Labute approximate surface area is 146 Å². The van der Waals surface area contributed by atoms with Crippen LogP contribution in [0.4, 0.5) is 0 Å². The largest absolute Gasteiger partial charge is 0.456 e. The summed E-state index contributed by atoms with van der Waals surface area (Å²) in [5, 5.41) is 2.67. The molecule has 2 rings (SSSR count). The summed E-state index contributed by atoms with van der Waals surface area (Å²) in [5.74, 6) is -1.80. The molecule has 0 saturated carbocycles. The number of carbonyl (C=O) groups excluding carboxylic acids is 4. The van der Waals surface area contributed by atoms with Crippen LogP contribution in [0.25, 0.3) is 0 Å². The second-order valence-corrected chi connectivity index (χ2v) is 6.89. The molecule has 0 radical (unpaired) electrons. The van der Waals surface area contributed by atoms with Crippen molar-refractivity contribution in [2.75, 3.05) is 13.2 Å². The predicted molar refractivity (Wildman–Crippen MR) is 89.7 cm³/mol. The molecule has 1 aromatic rings. The molecule has 25 heavy (non-hydrogen) atoms. The minimum atomic E-state index is -0.636. The standard InChI is InChI=1S/C18H22N2O5/c1-18(2,3)19-14(21)11-25-16(23)8-9-20-15(22)10-12-6-4-5-7-13(12)17(20)24/h4-7H,8-11H2,1-3H3,(H,19,21). The molecular weight excluding hydrogens is 324 g/mol. The zero-order chi connectivity index (χ0) is 18.6. The number of imide groups is 1. The SMILES string of the molecule is CC(C)(C)NC(=O)COC(=O)CCN1C(=O)Cc2ccccc2C1=O. The zero-order valence-corrected chi connectivity index (χ0v) is 14.6. The van der Waals surface area contributed by atoms with Crippen LogP contribution >= 0.6 is 0 Å². The summed E-state index contributed by atoms with van der Waals surface area (Å²) < 4.78 is 4.88. The fourth-order valence-electron chi connectivity index (χ4n) is 2.50. The summed E-state index contributed by atoms with van der Waals surface area (Å²) >= 11 is 0. The fourth-order valence-corrected chi connectivity index (χ4v) is 2.50. The van der Waals surface area contributed by atoms with E-state index < -0.39 is 23.3 Å². The molecule has 134 valence electrons. The van der Waals surface area contributed by atoms with Crippen LogP contribution in [0.5, 0.6) is 0 Å². The van der Waals surface area contributed by atoms with Gasteiger partial charge in [-0.15, -0.1) is 0 Å². The van der Waals surface area contributed by atoms with Crippen LogP contribution in [0.15, 0.2) is 24.3 Å². The van der Waals surface area contributed by atoms with E-state index in [1.54, 1.807) is 24.3 Å². The molecule has 7 nitrogen and oxygen atoms in total. The molecule has 0 saturated heterocycles. The van der Waals surface area contributed by atoms with Crippen LogP contribution < -0.4 is 5.32 Å². The monoisotopic (exact) mass is 346 g/mol. The Morgan fingerprint density at radius 3 is 2.56 bits per heavy atom. The Morgan fingerprint density at radius 1 is 1.20 bits per heavy atom. The number of carbonyl (C=O) groups is 4. The Kier molecular flexibility index (Phi) is 5.56. The molecule has 0 spiro atoms. The second kappa shape index (κ2) is 7.46. The third-order valence-corrected chi connectivity index (χ3v) is 3.55. The van der Waals surface area contributed by atoms with Gasteiger partial charge in [0.1, 0.15) is 0 Å². The molecule has 7 heteroatoms. The molecule has 0 fully saturated rings. The van der Waals surface area contributed by atoms with Gasteiger partial charge >= 0.3 is 5.97 Å². The minimum absolute atomic E-state index is 0.0638. The molecule has 1 aromatic carbocycles. The van der Waals surface area contributed by atoms with Crippen LogP contribution in [0.3, 0.4) is 0 Å². The number of nitrogens with one attached hydrogen (secondary N) is 1. The highest BCUT2D eigenvalue weighted by Gasteiger charge is 2.30. The molecule has 0 bridgehead atoms. The van der Waals surface area contributed by atoms with E-state index in [4.69, 9.17) is 4.74 Å². The molecule has 0 aromatic heterocycles. The van der Waals surface area contributed by atoms with E-state index in [1.165, 1.54) is 0 Å². The van der Waals surface area contributed by atoms with Crippen molar-refractivity contribution in [3.05, 3.63) is 35.4 Å². The maximum atomic E-state index is 12.4. The molecule has 1 heterocycles. The van der Waals surface area contributed by atoms with E-state index in [1.807, 2.05) is 20.8 Å². The summed E-state index contributed by atoms with van der Waals surface area (Å²) in [6.07, 6.45) is -0.0204. The van der Waals surface area contributed by atoms with Gasteiger partial charge in [-0.3, -0.25) is 24.1 Å². The highest BCUT2D eigenvalue weighted by Crippen LogP contribution is 2.19. The average molecular weight is 346 g/mol. The van der Waals surface area contributed by atoms with Crippen molar-refractivity contribution in [2.24, 2.45) is 0 Å². The van der Waals surface area contributed by atoms with E-state index in [9.17, 15) is 19.2 Å². The van der Waals surface area contributed by atoms with Gasteiger partial charge in [0.25, 0.3) is 11.8 Å². The van der Waals surface area contributed by atoms with Crippen molar-refractivity contribution in [3.8, 4) is 0 Å². The first-order chi connectivity index (χ1) is 11.7.